The van der Waals surface area contributed by atoms with Crippen LogP contribution in [0.5, 0.6) is 0 Å². The standard InChI is InChI=1S/C12H11BrN2O4S2/c1-7-2-3-10(8(13)4-7)21(18,19)14-5-11-15-9(6-20-11)12(16)17/h2-4,6,14H,5H2,1H3,(H,16,17). The van der Waals surface area contributed by atoms with Crippen molar-refractivity contribution in [2.75, 3.05) is 0 Å². The number of carboxylic acids is 1. The maximum Gasteiger partial charge on any atom is 0.355 e. The van der Waals surface area contributed by atoms with Gasteiger partial charge in [0, 0.05) is 9.85 Å². The number of carbonyl (C=O) groups is 1. The van der Waals surface area contributed by atoms with Gasteiger partial charge in [0.2, 0.25) is 10.0 Å². The van der Waals surface area contributed by atoms with Crippen molar-refractivity contribution in [3.05, 3.63) is 44.3 Å². The SMILES string of the molecule is Cc1ccc(S(=O)(=O)NCc2nc(C(=O)O)cs2)c(Br)c1. The van der Waals surface area contributed by atoms with E-state index < -0.39 is 16.0 Å². The van der Waals surface area contributed by atoms with Crippen molar-refractivity contribution in [3.63, 3.8) is 0 Å². The van der Waals surface area contributed by atoms with Crippen LogP contribution in [0.25, 0.3) is 0 Å². The van der Waals surface area contributed by atoms with Gasteiger partial charge in [0.1, 0.15) is 5.01 Å². The minimum Gasteiger partial charge on any atom is -0.476 e. The molecular formula is C12H11BrN2O4S2. The molecule has 0 amide bonds. The third kappa shape index (κ3) is 3.88. The fourth-order valence-corrected chi connectivity index (χ4v) is 4.53. The molecule has 6 nitrogen and oxygen atoms in total. The lowest BCUT2D eigenvalue weighted by Crippen LogP contribution is -2.23. The van der Waals surface area contributed by atoms with Gasteiger partial charge in [-0.1, -0.05) is 6.07 Å². The highest BCUT2D eigenvalue weighted by atomic mass is 79.9. The fourth-order valence-electron chi connectivity index (χ4n) is 1.55. The van der Waals surface area contributed by atoms with Crippen LogP contribution in [-0.4, -0.2) is 24.5 Å². The number of hydrogen-bond donors (Lipinski definition) is 2. The molecule has 0 saturated heterocycles. The van der Waals surface area contributed by atoms with Crippen LogP contribution >= 0.6 is 27.3 Å². The zero-order valence-corrected chi connectivity index (χ0v) is 14.0. The first kappa shape index (κ1) is 16.1. The summed E-state index contributed by atoms with van der Waals surface area (Å²) >= 11 is 4.31. The summed E-state index contributed by atoms with van der Waals surface area (Å²) in [5.74, 6) is -1.14. The second kappa shape index (κ2) is 6.22. The first-order valence-electron chi connectivity index (χ1n) is 5.73. The number of nitrogens with one attached hydrogen (secondary N) is 1. The van der Waals surface area contributed by atoms with Gasteiger partial charge in [-0.25, -0.2) is 22.9 Å². The quantitative estimate of drug-likeness (QED) is 0.816. The predicted molar refractivity (Wildman–Crippen MR) is 82.0 cm³/mol. The van der Waals surface area contributed by atoms with Crippen LogP contribution in [0, 0.1) is 6.92 Å². The summed E-state index contributed by atoms with van der Waals surface area (Å²) in [7, 11) is -3.69. The molecule has 0 aliphatic carbocycles. The van der Waals surface area contributed by atoms with E-state index in [0.29, 0.717) is 9.48 Å². The van der Waals surface area contributed by atoms with Gasteiger partial charge in [0.15, 0.2) is 5.69 Å². The van der Waals surface area contributed by atoms with Gasteiger partial charge in [-0.2, -0.15) is 0 Å². The van der Waals surface area contributed by atoms with E-state index in [1.54, 1.807) is 12.1 Å². The Labute approximate surface area is 134 Å². The Morgan fingerprint density at radius 1 is 1.48 bits per heavy atom. The van der Waals surface area contributed by atoms with Gasteiger partial charge in [-0.05, 0) is 40.5 Å². The number of aromatic nitrogens is 1. The second-order valence-corrected chi connectivity index (χ2v) is 7.72. The van der Waals surface area contributed by atoms with Crippen LogP contribution in [-0.2, 0) is 16.6 Å². The number of aromatic carboxylic acids is 1. The van der Waals surface area contributed by atoms with E-state index in [-0.39, 0.29) is 17.1 Å². The van der Waals surface area contributed by atoms with E-state index in [0.717, 1.165) is 16.9 Å². The Morgan fingerprint density at radius 2 is 2.19 bits per heavy atom. The molecule has 112 valence electrons. The molecule has 1 aromatic heterocycles. The van der Waals surface area contributed by atoms with Crippen molar-refractivity contribution in [1.82, 2.24) is 9.71 Å². The van der Waals surface area contributed by atoms with Crippen LogP contribution in [0.4, 0.5) is 0 Å². The smallest absolute Gasteiger partial charge is 0.355 e. The van der Waals surface area contributed by atoms with Crippen molar-refractivity contribution < 1.29 is 18.3 Å². The zero-order chi connectivity index (χ0) is 15.6. The topological polar surface area (TPSA) is 96.4 Å². The molecule has 2 rings (SSSR count). The number of nitrogens with zero attached hydrogens (tertiary/aromatic N) is 1. The molecular weight excluding hydrogens is 380 g/mol. The molecule has 0 radical (unpaired) electrons. The Morgan fingerprint density at radius 3 is 2.76 bits per heavy atom. The summed E-state index contributed by atoms with van der Waals surface area (Å²) in [6.45, 7) is 1.80. The largest absolute Gasteiger partial charge is 0.476 e. The average Bonchev–Trinajstić information content (AvgIpc) is 2.85. The average molecular weight is 391 g/mol. The molecule has 0 saturated carbocycles. The predicted octanol–water partition coefficient (Wildman–Crippen LogP) is 2.39. The maximum absolute atomic E-state index is 12.2. The van der Waals surface area contributed by atoms with E-state index in [4.69, 9.17) is 5.11 Å². The lowest BCUT2D eigenvalue weighted by Gasteiger charge is -2.08. The molecule has 0 atom stereocenters. The fraction of sp³-hybridized carbons (Fsp3) is 0.167. The summed E-state index contributed by atoms with van der Waals surface area (Å²) in [5.41, 5.74) is 0.845. The van der Waals surface area contributed by atoms with E-state index in [1.807, 2.05) is 6.92 Å². The number of rotatable bonds is 5. The normalized spacial score (nSPS) is 11.5. The van der Waals surface area contributed by atoms with Crippen molar-refractivity contribution in [3.8, 4) is 0 Å². The number of aryl methyl sites for hydroxylation is 1. The van der Waals surface area contributed by atoms with E-state index in [9.17, 15) is 13.2 Å². The van der Waals surface area contributed by atoms with Gasteiger partial charge in [0.05, 0.1) is 11.4 Å². The Bertz CT molecular complexity index is 786. The van der Waals surface area contributed by atoms with Crippen LogP contribution in [0.3, 0.4) is 0 Å². The van der Waals surface area contributed by atoms with Gasteiger partial charge >= 0.3 is 5.97 Å². The van der Waals surface area contributed by atoms with Gasteiger partial charge in [0.25, 0.3) is 0 Å². The number of sulfonamides is 1. The monoisotopic (exact) mass is 390 g/mol. The highest BCUT2D eigenvalue weighted by Gasteiger charge is 2.18. The number of thiazole rings is 1. The molecule has 0 unspecified atom stereocenters. The lowest BCUT2D eigenvalue weighted by molar-refractivity contribution is 0.0691. The van der Waals surface area contributed by atoms with Crippen LogP contribution in [0.15, 0.2) is 32.9 Å². The highest BCUT2D eigenvalue weighted by Crippen LogP contribution is 2.23. The Balaban J connectivity index is 2.15. The Hall–Kier alpha value is -1.29. The summed E-state index contributed by atoms with van der Waals surface area (Å²) in [5, 5.41) is 10.5. The first-order valence-corrected chi connectivity index (χ1v) is 8.88. The molecule has 0 spiro atoms. The van der Waals surface area contributed by atoms with E-state index >= 15 is 0 Å². The molecule has 0 aliphatic rings. The lowest BCUT2D eigenvalue weighted by atomic mass is 10.2. The Kier molecular flexibility index (Phi) is 4.77. The number of benzene rings is 1. The zero-order valence-electron chi connectivity index (χ0n) is 10.8. The minimum absolute atomic E-state index is 0.0550. The van der Waals surface area contributed by atoms with Crippen molar-refractivity contribution >= 4 is 43.3 Å². The summed E-state index contributed by atoms with van der Waals surface area (Å²) in [4.78, 5) is 14.7. The molecule has 0 fully saturated rings. The number of carboxylic acid groups (broad SMARTS) is 1. The van der Waals surface area contributed by atoms with Crippen molar-refractivity contribution in [2.45, 2.75) is 18.4 Å². The van der Waals surface area contributed by atoms with Gasteiger partial charge < -0.3 is 5.11 Å². The molecule has 21 heavy (non-hydrogen) atoms. The molecule has 1 heterocycles. The van der Waals surface area contributed by atoms with Gasteiger partial charge in [-0.3, -0.25) is 0 Å². The minimum atomic E-state index is -3.69. The van der Waals surface area contributed by atoms with Crippen LogP contribution in [0.2, 0.25) is 0 Å². The molecule has 0 aliphatic heterocycles. The second-order valence-electron chi connectivity index (χ2n) is 4.19. The number of hydrogen-bond acceptors (Lipinski definition) is 5. The van der Waals surface area contributed by atoms with Crippen molar-refractivity contribution in [1.29, 1.82) is 0 Å². The molecule has 2 N–H and O–H groups in total. The van der Waals surface area contributed by atoms with E-state index in [1.165, 1.54) is 11.4 Å². The summed E-state index contributed by atoms with van der Waals surface area (Å²) in [6, 6.07) is 4.91. The van der Waals surface area contributed by atoms with Crippen LogP contribution < -0.4 is 4.72 Å². The third-order valence-electron chi connectivity index (χ3n) is 2.56. The molecule has 1 aromatic carbocycles. The summed E-state index contributed by atoms with van der Waals surface area (Å²) < 4.78 is 27.3. The summed E-state index contributed by atoms with van der Waals surface area (Å²) in [6.07, 6.45) is 0. The first-order chi connectivity index (χ1) is 9.79. The van der Waals surface area contributed by atoms with Gasteiger partial charge in [-0.15, -0.1) is 11.3 Å². The third-order valence-corrected chi connectivity index (χ3v) is 5.79. The molecule has 2 aromatic rings. The maximum atomic E-state index is 12.2. The molecule has 0 bridgehead atoms. The van der Waals surface area contributed by atoms with Crippen LogP contribution in [0.1, 0.15) is 21.1 Å². The highest BCUT2D eigenvalue weighted by molar-refractivity contribution is 9.10. The number of halogens is 1. The van der Waals surface area contributed by atoms with E-state index in [2.05, 4.69) is 25.6 Å². The van der Waals surface area contributed by atoms with Crippen molar-refractivity contribution in [2.24, 2.45) is 0 Å². The molecule has 9 heteroatoms.